The second kappa shape index (κ2) is 22.9. The fourth-order valence-corrected chi connectivity index (χ4v) is 5.64. The number of nitrogens with one attached hydrogen (secondary N) is 1. The third kappa shape index (κ3) is 15.9. The Kier molecular flexibility index (Phi) is 18.1. The molecule has 1 unspecified atom stereocenters. The largest absolute Gasteiger partial charge is 0.427 e. The van der Waals surface area contributed by atoms with E-state index in [4.69, 9.17) is 15.4 Å². The number of ketones is 2. The second-order valence-corrected chi connectivity index (χ2v) is 13.8. The fraction of sp³-hybridized carbons (Fsp3) is 0.229. The molecule has 1 atom stereocenters. The lowest BCUT2D eigenvalue weighted by atomic mass is 9.95. The third-order valence-electron chi connectivity index (χ3n) is 8.54. The molecule has 0 aliphatic heterocycles. The van der Waals surface area contributed by atoms with Gasteiger partial charge in [-0.1, -0.05) is 109 Å². The van der Waals surface area contributed by atoms with Gasteiger partial charge in [0.05, 0.1) is 6.61 Å². The van der Waals surface area contributed by atoms with Crippen LogP contribution in [0, 0.1) is 13.8 Å². The van der Waals surface area contributed by atoms with Gasteiger partial charge in [-0.05, 0) is 90.7 Å². The van der Waals surface area contributed by atoms with Crippen molar-refractivity contribution in [1.29, 1.82) is 0 Å². The average molecular weight is 785 g/mol. The van der Waals surface area contributed by atoms with Gasteiger partial charge in [0.1, 0.15) is 23.1 Å². The van der Waals surface area contributed by atoms with Crippen molar-refractivity contribution in [3.8, 4) is 11.5 Å². The van der Waals surface area contributed by atoms with E-state index in [1.807, 2.05) is 25.1 Å². The predicted octanol–water partition coefficient (Wildman–Crippen LogP) is 9.69. The van der Waals surface area contributed by atoms with Crippen LogP contribution in [0.1, 0.15) is 75.3 Å². The van der Waals surface area contributed by atoms with Crippen molar-refractivity contribution in [3.63, 3.8) is 0 Å². The first-order valence-corrected chi connectivity index (χ1v) is 18.7. The molecule has 6 aromatic rings. The maximum atomic E-state index is 11.3. The minimum atomic E-state index is -0.364. The number of hydrogen-bond acceptors (Lipinski definition) is 9. The van der Waals surface area contributed by atoms with E-state index in [2.05, 4.69) is 84.7 Å². The summed E-state index contributed by atoms with van der Waals surface area (Å²) in [6, 6.07) is 38.8. The monoisotopic (exact) mass is 784 g/mol. The van der Waals surface area contributed by atoms with Gasteiger partial charge >= 0.3 is 11.9 Å². The van der Waals surface area contributed by atoms with E-state index < -0.39 is 0 Å². The van der Waals surface area contributed by atoms with E-state index in [0.717, 1.165) is 16.7 Å². The molecule has 58 heavy (non-hydrogen) atoms. The van der Waals surface area contributed by atoms with Crippen LogP contribution in [0.4, 0.5) is 5.69 Å². The number of aryl methyl sites for hydroxylation is 2. The summed E-state index contributed by atoms with van der Waals surface area (Å²) in [4.78, 5) is 58.7. The van der Waals surface area contributed by atoms with Crippen molar-refractivity contribution in [2.24, 2.45) is 5.90 Å². The Labute approximate surface area is 340 Å². The van der Waals surface area contributed by atoms with E-state index >= 15 is 0 Å². The zero-order chi connectivity index (χ0) is 42.8. The Morgan fingerprint density at radius 3 is 1.69 bits per heavy atom. The van der Waals surface area contributed by atoms with Crippen LogP contribution in [0.15, 0.2) is 121 Å². The minimum Gasteiger partial charge on any atom is -0.427 e. The zero-order valence-corrected chi connectivity index (χ0v) is 34.4. The van der Waals surface area contributed by atoms with E-state index in [1.165, 1.54) is 53.4 Å². The Morgan fingerprint density at radius 1 is 0.621 bits per heavy atom. The summed E-state index contributed by atoms with van der Waals surface area (Å²) < 4.78 is 9.75. The highest BCUT2D eigenvalue weighted by atomic mass is 16.6. The van der Waals surface area contributed by atoms with E-state index in [9.17, 15) is 24.0 Å². The molecule has 0 radical (unpaired) electrons. The first-order valence-electron chi connectivity index (χ1n) is 18.7. The molecule has 0 aromatic heterocycles. The molecule has 0 saturated heterocycles. The number of Topliss-reactive ketones (excluding diaryl/α,β-unsaturated/α-hetero) is 2. The van der Waals surface area contributed by atoms with Crippen molar-refractivity contribution in [1.82, 2.24) is 0 Å². The summed E-state index contributed by atoms with van der Waals surface area (Å²) >= 11 is 0. The third-order valence-corrected chi connectivity index (χ3v) is 8.54. The lowest BCUT2D eigenvalue weighted by Crippen LogP contribution is -2.06. The molecule has 3 N–H and O–H groups in total. The van der Waals surface area contributed by atoms with E-state index in [-0.39, 0.29) is 41.9 Å². The number of carbonyl (C=O) groups excluding carboxylic acids is 5. The van der Waals surface area contributed by atoms with Gasteiger partial charge < -0.3 is 14.8 Å². The van der Waals surface area contributed by atoms with Gasteiger partial charge in [-0.15, -0.1) is 0 Å². The average Bonchev–Trinajstić information content (AvgIpc) is 3.16. The normalized spacial score (nSPS) is 10.6. The lowest BCUT2D eigenvalue weighted by molar-refractivity contribution is -0.132. The molecule has 0 saturated carbocycles. The number of benzene rings is 6. The maximum Gasteiger partial charge on any atom is 0.308 e. The van der Waals surface area contributed by atoms with E-state index in [0.29, 0.717) is 23.6 Å². The number of para-hydroxylation sites is 1. The summed E-state index contributed by atoms with van der Waals surface area (Å²) in [5, 5.41) is 7.49. The Bertz CT molecular complexity index is 2320. The van der Waals surface area contributed by atoms with Crippen molar-refractivity contribution in [3.05, 3.63) is 149 Å². The zero-order valence-electron chi connectivity index (χ0n) is 34.4. The molecule has 302 valence electrons. The number of rotatable bonds is 9. The number of hydrogen-bond donors (Lipinski definition) is 2. The standard InChI is InChI=1S/C15H16O.C14H14O.C10H11NO3.C9H11NO3/c1-10-4-5-15-9-13(11(2)12(3)16)6-7-14(15)8-10;1-10-3-5-14-9-12(8-11(2)15)4-6-13(14)7-10;1-7(12)11-9-3-5-10(6-4-9)14-8(2)13;1-7(11)13-9-5-3-2-4-8(9)6-12-10/h4-9,11H,1-3H3;3-7,9H,8H2,1-2H3;3-6H,1-2H3,(H,11,12);2-5H,6,10H2,1H3. The fourth-order valence-electron chi connectivity index (χ4n) is 5.64. The summed E-state index contributed by atoms with van der Waals surface area (Å²) in [6.45, 7) is 13.7. The van der Waals surface area contributed by atoms with Gasteiger partial charge in [0.25, 0.3) is 0 Å². The number of carbonyl (C=O) groups is 5. The predicted molar refractivity (Wildman–Crippen MR) is 230 cm³/mol. The first kappa shape index (κ1) is 45.9. The Hall–Kier alpha value is -6.49. The van der Waals surface area contributed by atoms with Crippen molar-refractivity contribution < 1.29 is 38.3 Å². The van der Waals surface area contributed by atoms with Crippen LogP contribution in [0.2, 0.25) is 0 Å². The van der Waals surface area contributed by atoms with Crippen molar-refractivity contribution in [2.75, 3.05) is 5.32 Å². The van der Waals surface area contributed by atoms with Crippen LogP contribution in [-0.4, -0.2) is 29.4 Å². The van der Waals surface area contributed by atoms with Gasteiger partial charge in [-0.3, -0.25) is 28.8 Å². The summed E-state index contributed by atoms with van der Waals surface area (Å²) in [6.07, 6.45) is 0.532. The van der Waals surface area contributed by atoms with Crippen LogP contribution in [0.25, 0.3) is 21.5 Å². The molecule has 6 aromatic carbocycles. The lowest BCUT2D eigenvalue weighted by Gasteiger charge is -2.09. The van der Waals surface area contributed by atoms with Crippen molar-refractivity contribution >= 4 is 56.6 Å². The summed E-state index contributed by atoms with van der Waals surface area (Å²) in [5.74, 6) is 5.43. The topological polar surface area (TPSA) is 151 Å². The molecule has 10 nitrogen and oxygen atoms in total. The highest BCUT2D eigenvalue weighted by molar-refractivity contribution is 5.89. The molecule has 0 bridgehead atoms. The number of esters is 2. The molecule has 0 spiro atoms. The minimum absolute atomic E-state index is 0.00861. The Balaban J connectivity index is 0.000000208. The number of fused-ring (bicyclic) bond motifs is 2. The van der Waals surface area contributed by atoms with Crippen LogP contribution in [0.5, 0.6) is 11.5 Å². The number of ether oxygens (including phenoxy) is 2. The molecule has 0 aliphatic carbocycles. The van der Waals surface area contributed by atoms with Crippen LogP contribution in [-0.2, 0) is 41.8 Å². The number of amides is 1. The highest BCUT2D eigenvalue weighted by Gasteiger charge is 2.10. The molecule has 1 amide bonds. The summed E-state index contributed by atoms with van der Waals surface area (Å²) in [5.41, 5.74) is 6.15. The van der Waals surface area contributed by atoms with Crippen LogP contribution < -0.4 is 20.7 Å². The van der Waals surface area contributed by atoms with E-state index in [1.54, 1.807) is 56.3 Å². The SMILES string of the molecule is CC(=O)C(C)c1ccc2cc(C)ccc2c1.CC(=O)Cc1ccc2cc(C)ccc2c1.CC(=O)Nc1ccc(OC(C)=O)cc1.CC(=O)Oc1ccccc1CON. The van der Waals surface area contributed by atoms with Crippen LogP contribution >= 0.6 is 0 Å². The van der Waals surface area contributed by atoms with Gasteiger partial charge in [0, 0.05) is 44.4 Å². The molecule has 0 aliphatic rings. The number of anilines is 1. The van der Waals surface area contributed by atoms with Gasteiger partial charge in [-0.25, -0.2) is 5.90 Å². The van der Waals surface area contributed by atoms with Gasteiger partial charge in [-0.2, -0.15) is 0 Å². The van der Waals surface area contributed by atoms with Crippen LogP contribution in [0.3, 0.4) is 0 Å². The molecular formula is C48H52N2O8. The smallest absolute Gasteiger partial charge is 0.308 e. The molecular weight excluding hydrogens is 733 g/mol. The molecule has 0 fully saturated rings. The number of nitrogens with two attached hydrogens (primary N) is 1. The van der Waals surface area contributed by atoms with Gasteiger partial charge in [0.2, 0.25) is 5.91 Å². The maximum absolute atomic E-state index is 11.3. The first-order chi connectivity index (χ1) is 27.5. The second-order valence-electron chi connectivity index (χ2n) is 13.8. The highest BCUT2D eigenvalue weighted by Crippen LogP contribution is 2.24. The van der Waals surface area contributed by atoms with Crippen molar-refractivity contribution in [2.45, 2.75) is 74.3 Å². The Morgan fingerprint density at radius 2 is 1.16 bits per heavy atom. The quantitative estimate of drug-likeness (QED) is 0.0830. The molecule has 10 heteroatoms. The molecule has 0 heterocycles. The molecule has 6 rings (SSSR count). The van der Waals surface area contributed by atoms with Gasteiger partial charge in [0.15, 0.2) is 0 Å². The summed E-state index contributed by atoms with van der Waals surface area (Å²) in [7, 11) is 0.